The minimum absolute atomic E-state index is 0.187. The fourth-order valence-corrected chi connectivity index (χ4v) is 2.22. The molecule has 2 N–H and O–H groups in total. The second kappa shape index (κ2) is 8.49. The van der Waals surface area contributed by atoms with Crippen LogP contribution in [0.3, 0.4) is 0 Å². The van der Waals surface area contributed by atoms with Crippen molar-refractivity contribution in [1.82, 2.24) is 0 Å². The van der Waals surface area contributed by atoms with Gasteiger partial charge in [-0.25, -0.2) is 4.79 Å². The molecule has 6 nitrogen and oxygen atoms in total. The summed E-state index contributed by atoms with van der Waals surface area (Å²) in [6, 6.07) is 13.5. The Morgan fingerprint density at radius 2 is 1.85 bits per heavy atom. The third kappa shape index (κ3) is 4.48. The molecule has 0 aliphatic carbocycles. The van der Waals surface area contributed by atoms with Crippen molar-refractivity contribution in [2.75, 3.05) is 7.11 Å². The van der Waals surface area contributed by atoms with Crippen LogP contribution in [0.4, 0.5) is 0 Å². The van der Waals surface area contributed by atoms with Gasteiger partial charge in [0.15, 0.2) is 11.5 Å². The number of carbonyl (C=O) groups excluding carboxylic acids is 2. The van der Waals surface area contributed by atoms with E-state index in [9.17, 15) is 9.59 Å². The van der Waals surface area contributed by atoms with Crippen LogP contribution < -0.4 is 15.2 Å². The van der Waals surface area contributed by atoms with Gasteiger partial charge in [-0.05, 0) is 47.9 Å². The number of benzene rings is 2. The Hall–Kier alpha value is -3.59. The number of esters is 1. The minimum atomic E-state index is -0.822. The molecule has 0 spiro atoms. The largest absolute Gasteiger partial charge is 0.493 e. The Kier molecular flexibility index (Phi) is 6.12. The number of primary amides is 1. The second-order valence-electron chi connectivity index (χ2n) is 5.38. The zero-order chi connectivity index (χ0) is 19.1. The lowest BCUT2D eigenvalue weighted by atomic mass is 10.1. The Morgan fingerprint density at radius 1 is 1.15 bits per heavy atom. The van der Waals surface area contributed by atoms with Crippen LogP contribution in [0, 0.1) is 11.3 Å². The first kappa shape index (κ1) is 18.7. The van der Waals surface area contributed by atoms with Gasteiger partial charge in [-0.2, -0.15) is 5.26 Å². The summed E-state index contributed by atoms with van der Waals surface area (Å²) in [5.41, 5.74) is 6.99. The van der Waals surface area contributed by atoms with Gasteiger partial charge in [-0.3, -0.25) is 4.79 Å². The zero-order valence-corrected chi connectivity index (χ0v) is 14.5. The molecule has 132 valence electrons. The first-order valence-electron chi connectivity index (χ1n) is 7.89. The van der Waals surface area contributed by atoms with E-state index in [4.69, 9.17) is 20.5 Å². The van der Waals surface area contributed by atoms with Crippen molar-refractivity contribution in [1.29, 1.82) is 5.26 Å². The van der Waals surface area contributed by atoms with E-state index in [2.05, 4.69) is 0 Å². The van der Waals surface area contributed by atoms with Gasteiger partial charge in [0, 0.05) is 0 Å². The molecule has 2 rings (SSSR count). The van der Waals surface area contributed by atoms with Crippen molar-refractivity contribution < 1.29 is 19.1 Å². The second-order valence-corrected chi connectivity index (χ2v) is 5.38. The molecule has 0 radical (unpaired) electrons. The number of nitriles is 1. The Bertz CT molecular complexity index is 893. The van der Waals surface area contributed by atoms with E-state index < -0.39 is 11.9 Å². The predicted molar refractivity (Wildman–Crippen MR) is 96.6 cm³/mol. The lowest BCUT2D eigenvalue weighted by Crippen LogP contribution is -2.12. The highest BCUT2D eigenvalue weighted by Gasteiger charge is 2.13. The number of nitrogens with zero attached hydrogens (tertiary/aromatic N) is 1. The quantitative estimate of drug-likeness (QED) is 0.373. The van der Waals surface area contributed by atoms with Gasteiger partial charge < -0.3 is 15.2 Å². The molecule has 26 heavy (non-hydrogen) atoms. The SMILES string of the molecule is CCc1ccc(C(=O)Oc2ccc(/C=C(\C#N)C(N)=O)cc2OC)cc1. The average Bonchev–Trinajstić information content (AvgIpc) is 2.66. The van der Waals surface area contributed by atoms with Crippen LogP contribution in [0.25, 0.3) is 6.08 Å². The maximum atomic E-state index is 12.3. The number of hydrogen-bond donors (Lipinski definition) is 1. The van der Waals surface area contributed by atoms with Crippen molar-refractivity contribution >= 4 is 18.0 Å². The maximum Gasteiger partial charge on any atom is 0.343 e. The van der Waals surface area contributed by atoms with Crippen molar-refractivity contribution in [2.45, 2.75) is 13.3 Å². The van der Waals surface area contributed by atoms with Gasteiger partial charge in [0.2, 0.25) is 0 Å². The fourth-order valence-electron chi connectivity index (χ4n) is 2.22. The number of methoxy groups -OCH3 is 1. The van der Waals surface area contributed by atoms with Gasteiger partial charge in [0.1, 0.15) is 11.6 Å². The lowest BCUT2D eigenvalue weighted by Gasteiger charge is -2.10. The van der Waals surface area contributed by atoms with E-state index in [1.807, 2.05) is 19.1 Å². The number of carbonyl (C=O) groups is 2. The Balaban J connectivity index is 2.25. The summed E-state index contributed by atoms with van der Waals surface area (Å²) in [6.07, 6.45) is 2.22. The van der Waals surface area contributed by atoms with Crippen molar-refractivity contribution in [2.24, 2.45) is 5.73 Å². The van der Waals surface area contributed by atoms with Crippen LogP contribution in [0.5, 0.6) is 11.5 Å². The molecule has 6 heteroatoms. The van der Waals surface area contributed by atoms with Crippen LogP contribution in [0.1, 0.15) is 28.4 Å². The van der Waals surface area contributed by atoms with E-state index >= 15 is 0 Å². The molecule has 0 bridgehead atoms. The minimum Gasteiger partial charge on any atom is -0.493 e. The van der Waals surface area contributed by atoms with Gasteiger partial charge >= 0.3 is 5.97 Å². The molecule has 0 aliphatic rings. The molecule has 0 aliphatic heterocycles. The Labute approximate surface area is 151 Å². The molecule has 0 heterocycles. The van der Waals surface area contributed by atoms with E-state index in [1.54, 1.807) is 30.3 Å². The summed E-state index contributed by atoms with van der Waals surface area (Å²) in [5, 5.41) is 8.90. The van der Waals surface area contributed by atoms with Gasteiger partial charge in [-0.1, -0.05) is 25.1 Å². The molecule has 0 atom stereocenters. The number of rotatable bonds is 6. The van der Waals surface area contributed by atoms with Crippen LogP contribution in [0.15, 0.2) is 48.0 Å². The molecule has 0 saturated heterocycles. The van der Waals surface area contributed by atoms with Crippen molar-refractivity contribution in [3.63, 3.8) is 0 Å². The normalized spacial score (nSPS) is 10.7. The summed E-state index contributed by atoms with van der Waals surface area (Å²) < 4.78 is 10.6. The molecule has 1 amide bonds. The van der Waals surface area contributed by atoms with E-state index in [-0.39, 0.29) is 11.3 Å². The highest BCUT2D eigenvalue weighted by atomic mass is 16.6. The standard InChI is InChI=1S/C20H18N2O4/c1-3-13-4-7-15(8-5-13)20(24)26-17-9-6-14(11-18(17)25-2)10-16(12-21)19(22)23/h4-11H,3H2,1-2H3,(H2,22,23)/b16-10+. The first-order valence-corrected chi connectivity index (χ1v) is 7.89. The highest BCUT2D eigenvalue weighted by Crippen LogP contribution is 2.29. The molecule has 0 unspecified atom stereocenters. The number of hydrogen-bond acceptors (Lipinski definition) is 5. The predicted octanol–water partition coefficient (Wildman–Crippen LogP) is 2.87. The zero-order valence-electron chi connectivity index (χ0n) is 14.5. The molecule has 2 aromatic carbocycles. The third-order valence-corrected chi connectivity index (χ3v) is 3.69. The fraction of sp³-hybridized carbons (Fsp3) is 0.150. The first-order chi connectivity index (χ1) is 12.5. The van der Waals surface area contributed by atoms with Crippen LogP contribution >= 0.6 is 0 Å². The topological polar surface area (TPSA) is 102 Å². The number of nitrogens with two attached hydrogens (primary N) is 1. The third-order valence-electron chi connectivity index (χ3n) is 3.69. The maximum absolute atomic E-state index is 12.3. The monoisotopic (exact) mass is 350 g/mol. The van der Waals surface area contributed by atoms with Crippen molar-refractivity contribution in [3.05, 3.63) is 64.7 Å². The summed E-state index contributed by atoms with van der Waals surface area (Å²) in [5.74, 6) is -0.813. The smallest absolute Gasteiger partial charge is 0.343 e. The summed E-state index contributed by atoms with van der Waals surface area (Å²) in [4.78, 5) is 23.4. The van der Waals surface area contributed by atoms with E-state index in [1.165, 1.54) is 19.3 Å². The summed E-state index contributed by atoms with van der Waals surface area (Å²) >= 11 is 0. The van der Waals surface area contributed by atoms with E-state index in [0.717, 1.165) is 12.0 Å². The van der Waals surface area contributed by atoms with Crippen molar-refractivity contribution in [3.8, 4) is 17.6 Å². The van der Waals surface area contributed by atoms with Crippen LogP contribution in [-0.2, 0) is 11.2 Å². The van der Waals surface area contributed by atoms with Crippen LogP contribution in [-0.4, -0.2) is 19.0 Å². The average molecular weight is 350 g/mol. The number of aryl methyl sites for hydroxylation is 1. The molecule has 2 aromatic rings. The summed E-state index contributed by atoms with van der Waals surface area (Å²) in [7, 11) is 1.43. The molecule has 0 saturated carbocycles. The molecule has 0 fully saturated rings. The highest BCUT2D eigenvalue weighted by molar-refractivity contribution is 6.00. The van der Waals surface area contributed by atoms with Gasteiger partial charge in [-0.15, -0.1) is 0 Å². The van der Waals surface area contributed by atoms with E-state index in [0.29, 0.717) is 16.9 Å². The lowest BCUT2D eigenvalue weighted by molar-refractivity contribution is -0.114. The molecular formula is C20H18N2O4. The summed E-state index contributed by atoms with van der Waals surface area (Å²) in [6.45, 7) is 2.03. The Morgan fingerprint density at radius 3 is 2.38 bits per heavy atom. The molecular weight excluding hydrogens is 332 g/mol. The number of ether oxygens (including phenoxy) is 2. The van der Waals surface area contributed by atoms with Gasteiger partial charge in [0.05, 0.1) is 12.7 Å². The number of amides is 1. The molecule has 0 aromatic heterocycles. The van der Waals surface area contributed by atoms with Gasteiger partial charge in [0.25, 0.3) is 5.91 Å². The van der Waals surface area contributed by atoms with Crippen LogP contribution in [0.2, 0.25) is 0 Å².